The van der Waals surface area contributed by atoms with Crippen molar-refractivity contribution in [2.75, 3.05) is 39.0 Å². The predicted octanol–water partition coefficient (Wildman–Crippen LogP) is 2.18. The van der Waals surface area contributed by atoms with Crippen molar-refractivity contribution in [3.63, 3.8) is 0 Å². The van der Waals surface area contributed by atoms with E-state index in [-0.39, 0.29) is 30.5 Å². The van der Waals surface area contributed by atoms with Crippen LogP contribution in [0.15, 0.2) is 42.5 Å². The lowest BCUT2D eigenvalue weighted by atomic mass is 10.0. The fraction of sp³-hybridized carbons (Fsp3) is 0.450. The fourth-order valence-electron chi connectivity index (χ4n) is 3.63. The van der Waals surface area contributed by atoms with E-state index >= 15 is 0 Å². The molecular formula is C20H28ClN3O2S. The number of hydrogen-bond donors (Lipinski definition) is 2. The number of nitrogens with zero attached hydrogens (tertiary/aromatic N) is 2. The average Bonchev–Trinajstić information content (AvgIpc) is 2.68. The molecule has 3 rings (SSSR count). The molecule has 1 aliphatic rings. The number of carbonyl (C=O) groups excluding carboxylic acids is 1. The molecule has 0 bridgehead atoms. The third-order valence-corrected chi connectivity index (χ3v) is 5.50. The van der Waals surface area contributed by atoms with Crippen molar-refractivity contribution in [3.05, 3.63) is 48.0 Å². The van der Waals surface area contributed by atoms with E-state index in [9.17, 15) is 4.79 Å². The van der Waals surface area contributed by atoms with Crippen LogP contribution in [-0.4, -0.2) is 66.9 Å². The number of nitrogens with two attached hydrogens (primary N) is 1. The van der Waals surface area contributed by atoms with Crippen LogP contribution in [0, 0.1) is 0 Å². The molecule has 0 aromatic heterocycles. The summed E-state index contributed by atoms with van der Waals surface area (Å²) in [4.78, 5) is 16.8. The average molecular weight is 410 g/mol. The van der Waals surface area contributed by atoms with Gasteiger partial charge >= 0.3 is 5.97 Å². The van der Waals surface area contributed by atoms with Gasteiger partial charge in [-0.3, -0.25) is 14.6 Å². The number of hydrogen-bond acceptors (Lipinski definition) is 6. The van der Waals surface area contributed by atoms with Gasteiger partial charge in [-0.15, -0.1) is 12.4 Å². The van der Waals surface area contributed by atoms with Crippen LogP contribution in [-0.2, 0) is 16.1 Å². The third-order valence-electron chi connectivity index (χ3n) is 5.03. The molecule has 5 nitrogen and oxygen atoms in total. The van der Waals surface area contributed by atoms with Gasteiger partial charge in [0, 0.05) is 44.5 Å². The predicted molar refractivity (Wildman–Crippen MR) is 116 cm³/mol. The van der Waals surface area contributed by atoms with Crippen molar-refractivity contribution in [1.82, 2.24) is 9.80 Å². The summed E-state index contributed by atoms with van der Waals surface area (Å²) in [6.07, 6.45) is 0. The van der Waals surface area contributed by atoms with E-state index in [2.05, 4.69) is 64.9 Å². The van der Waals surface area contributed by atoms with Crippen LogP contribution >= 0.6 is 25.0 Å². The van der Waals surface area contributed by atoms with Crippen molar-refractivity contribution < 1.29 is 9.53 Å². The first-order chi connectivity index (χ1) is 12.6. The molecule has 1 saturated heterocycles. The molecule has 2 atom stereocenters. The summed E-state index contributed by atoms with van der Waals surface area (Å²) in [7, 11) is 1.45. The summed E-state index contributed by atoms with van der Waals surface area (Å²) in [5.74, 6) is 0.406. The molecule has 0 spiro atoms. The SMILES string of the molecule is COC(=O)C1CN(Cc2cccc3ccccc23)CCN1CC(N)CS.Cl. The maximum Gasteiger partial charge on any atom is 0.324 e. The second kappa shape index (κ2) is 10.3. The number of esters is 1. The molecule has 0 radical (unpaired) electrons. The minimum atomic E-state index is -0.283. The molecular weight excluding hydrogens is 382 g/mol. The minimum Gasteiger partial charge on any atom is -0.468 e. The molecule has 2 N–H and O–H groups in total. The first-order valence-electron chi connectivity index (χ1n) is 8.99. The maximum atomic E-state index is 12.3. The lowest BCUT2D eigenvalue weighted by Crippen LogP contribution is -2.58. The molecule has 0 aliphatic carbocycles. The Balaban J connectivity index is 0.00000261. The highest BCUT2D eigenvalue weighted by Crippen LogP contribution is 2.22. The summed E-state index contributed by atoms with van der Waals surface area (Å²) in [6.45, 7) is 3.82. The Kier molecular flexibility index (Phi) is 8.38. The van der Waals surface area contributed by atoms with Gasteiger partial charge in [-0.1, -0.05) is 42.5 Å². The quantitative estimate of drug-likeness (QED) is 0.565. The maximum absolute atomic E-state index is 12.3. The smallest absolute Gasteiger partial charge is 0.324 e. The van der Waals surface area contributed by atoms with Crippen LogP contribution in [0.4, 0.5) is 0 Å². The lowest BCUT2D eigenvalue weighted by molar-refractivity contribution is -0.149. The van der Waals surface area contributed by atoms with Gasteiger partial charge in [0.05, 0.1) is 7.11 Å². The number of rotatable bonds is 6. The molecule has 2 aromatic rings. The highest BCUT2D eigenvalue weighted by atomic mass is 35.5. The van der Waals surface area contributed by atoms with Crippen molar-refractivity contribution in [2.45, 2.75) is 18.6 Å². The number of carbonyl (C=O) groups is 1. The largest absolute Gasteiger partial charge is 0.468 e. The van der Waals surface area contributed by atoms with Crippen molar-refractivity contribution in [1.29, 1.82) is 0 Å². The van der Waals surface area contributed by atoms with Gasteiger partial charge < -0.3 is 10.5 Å². The summed E-state index contributed by atoms with van der Waals surface area (Å²) in [6, 6.07) is 14.5. The van der Waals surface area contributed by atoms with E-state index in [0.29, 0.717) is 18.8 Å². The van der Waals surface area contributed by atoms with Crippen LogP contribution in [0.25, 0.3) is 10.8 Å². The van der Waals surface area contributed by atoms with Crippen LogP contribution in [0.2, 0.25) is 0 Å². The number of methoxy groups -OCH3 is 1. The Labute approximate surface area is 172 Å². The van der Waals surface area contributed by atoms with Crippen LogP contribution in [0.1, 0.15) is 5.56 Å². The third kappa shape index (κ3) is 5.36. The Hall–Kier alpha value is -1.31. The second-order valence-corrected chi connectivity index (χ2v) is 7.22. The number of benzene rings is 2. The van der Waals surface area contributed by atoms with Gasteiger partial charge in [-0.05, 0) is 16.3 Å². The molecule has 27 heavy (non-hydrogen) atoms. The van der Waals surface area contributed by atoms with Gasteiger partial charge in [-0.25, -0.2) is 0 Å². The molecule has 1 aliphatic heterocycles. The molecule has 1 heterocycles. The zero-order valence-corrected chi connectivity index (χ0v) is 17.3. The van der Waals surface area contributed by atoms with E-state index in [4.69, 9.17) is 10.5 Å². The Morgan fingerprint density at radius 2 is 2.00 bits per heavy atom. The number of halogens is 1. The number of piperazine rings is 1. The summed E-state index contributed by atoms with van der Waals surface area (Å²) in [5, 5.41) is 2.51. The molecule has 148 valence electrons. The van der Waals surface area contributed by atoms with E-state index in [1.54, 1.807) is 0 Å². The van der Waals surface area contributed by atoms with Gasteiger partial charge in [0.2, 0.25) is 0 Å². The zero-order chi connectivity index (χ0) is 18.5. The highest BCUT2D eigenvalue weighted by Gasteiger charge is 2.33. The van der Waals surface area contributed by atoms with Crippen LogP contribution < -0.4 is 5.73 Å². The van der Waals surface area contributed by atoms with Crippen molar-refractivity contribution >= 4 is 41.8 Å². The Bertz CT molecular complexity index is 756. The fourth-order valence-corrected chi connectivity index (χ4v) is 3.74. The van der Waals surface area contributed by atoms with Gasteiger partial charge in [0.15, 0.2) is 0 Å². The number of thiol groups is 1. The van der Waals surface area contributed by atoms with E-state index in [1.165, 1.54) is 23.4 Å². The van der Waals surface area contributed by atoms with Crippen molar-refractivity contribution in [2.24, 2.45) is 5.73 Å². The van der Waals surface area contributed by atoms with Gasteiger partial charge in [0.25, 0.3) is 0 Å². The number of fused-ring (bicyclic) bond motifs is 1. The Morgan fingerprint density at radius 3 is 2.74 bits per heavy atom. The molecule has 2 aromatic carbocycles. The first kappa shape index (κ1) is 22.0. The first-order valence-corrected chi connectivity index (χ1v) is 9.63. The van der Waals surface area contributed by atoms with E-state index in [1.807, 2.05) is 0 Å². The van der Waals surface area contributed by atoms with Crippen LogP contribution in [0.5, 0.6) is 0 Å². The van der Waals surface area contributed by atoms with Gasteiger partial charge in [-0.2, -0.15) is 12.6 Å². The molecule has 7 heteroatoms. The van der Waals surface area contributed by atoms with Crippen molar-refractivity contribution in [3.8, 4) is 0 Å². The monoisotopic (exact) mass is 409 g/mol. The molecule has 2 unspecified atom stereocenters. The summed E-state index contributed by atoms with van der Waals surface area (Å²) >= 11 is 4.26. The zero-order valence-electron chi connectivity index (χ0n) is 15.6. The van der Waals surface area contributed by atoms with Crippen LogP contribution in [0.3, 0.4) is 0 Å². The Morgan fingerprint density at radius 1 is 1.26 bits per heavy atom. The lowest BCUT2D eigenvalue weighted by Gasteiger charge is -2.40. The summed E-state index contributed by atoms with van der Waals surface area (Å²) in [5.41, 5.74) is 7.33. The molecule has 0 amide bonds. The highest BCUT2D eigenvalue weighted by molar-refractivity contribution is 7.80. The molecule has 0 saturated carbocycles. The normalized spacial score (nSPS) is 19.4. The topological polar surface area (TPSA) is 58.8 Å². The standard InChI is InChI=1S/C20H27N3O2S.ClH/c1-25-20(24)19-13-22(9-10-23(19)12-17(21)14-26)11-16-7-4-6-15-5-2-3-8-18(15)16;/h2-8,17,19,26H,9-14,21H2,1H3;1H. The second-order valence-electron chi connectivity index (χ2n) is 6.85. The number of ether oxygens (including phenoxy) is 1. The molecule has 1 fully saturated rings. The van der Waals surface area contributed by atoms with E-state index < -0.39 is 0 Å². The minimum absolute atomic E-state index is 0. The van der Waals surface area contributed by atoms with Gasteiger partial charge in [0.1, 0.15) is 6.04 Å². The summed E-state index contributed by atoms with van der Waals surface area (Å²) < 4.78 is 5.04. The van der Waals surface area contributed by atoms with E-state index in [0.717, 1.165) is 19.6 Å².